The lowest BCUT2D eigenvalue weighted by atomic mass is 10.2. The van der Waals surface area contributed by atoms with Crippen LogP contribution in [0.4, 0.5) is 5.69 Å². The molecule has 0 radical (unpaired) electrons. The molecule has 1 aromatic carbocycles. The molecule has 1 aromatic rings. The number of carbonyl (C=O) groups is 1. The highest BCUT2D eigenvalue weighted by Crippen LogP contribution is 2.28. The van der Waals surface area contributed by atoms with Crippen LogP contribution in [-0.4, -0.2) is 59.9 Å². The number of hydrogen-bond donors (Lipinski definition) is 3. The van der Waals surface area contributed by atoms with Crippen molar-refractivity contribution in [1.29, 1.82) is 0 Å². The lowest BCUT2D eigenvalue weighted by Gasteiger charge is -2.26. The minimum absolute atomic E-state index is 0.0103. The molecule has 1 fully saturated rings. The first kappa shape index (κ1) is 15.6. The molecule has 0 spiro atoms. The summed E-state index contributed by atoms with van der Waals surface area (Å²) in [5.74, 6) is 1.35. The van der Waals surface area contributed by atoms with Gasteiger partial charge in [-0.15, -0.1) is 0 Å². The van der Waals surface area contributed by atoms with Gasteiger partial charge in [-0.2, -0.15) is 0 Å². The minimum atomic E-state index is 0.0103. The normalized spacial score (nSPS) is 21.7. The Morgan fingerprint density at radius 2 is 1.90 bits per heavy atom. The number of likely N-dealkylation sites (N-methyl/N-ethyl adjacent to an activating group) is 1. The predicted molar refractivity (Wildman–Crippen MR) is 80.4 cm³/mol. The number of nitrogens with one attached hydrogen (secondary N) is 3. The highest BCUT2D eigenvalue weighted by molar-refractivity contribution is 5.93. The van der Waals surface area contributed by atoms with Crippen LogP contribution in [0.5, 0.6) is 11.5 Å². The lowest BCUT2D eigenvalue weighted by Crippen LogP contribution is -3.27. The molecule has 2 rings (SSSR count). The summed E-state index contributed by atoms with van der Waals surface area (Å²) in [6.45, 7) is 4.80. The molecule has 0 unspecified atom stereocenters. The second kappa shape index (κ2) is 7.28. The average Bonchev–Trinajstić information content (AvgIpc) is 2.49. The van der Waals surface area contributed by atoms with Crippen LogP contribution in [-0.2, 0) is 4.79 Å². The molecule has 1 aliphatic heterocycles. The monoisotopic (exact) mass is 295 g/mol. The zero-order valence-electron chi connectivity index (χ0n) is 13.0. The Labute approximate surface area is 125 Å². The SMILES string of the molecule is COc1ccc(OC)c(NC(=O)C[NH+]2CC[NH+](C)CC2)c1. The van der Waals surface area contributed by atoms with E-state index in [1.54, 1.807) is 26.4 Å². The maximum absolute atomic E-state index is 12.2. The molecule has 1 heterocycles. The molecule has 3 N–H and O–H groups in total. The van der Waals surface area contributed by atoms with E-state index in [-0.39, 0.29) is 5.91 Å². The number of methoxy groups -OCH3 is 2. The summed E-state index contributed by atoms with van der Waals surface area (Å²) < 4.78 is 10.5. The van der Waals surface area contributed by atoms with Crippen molar-refractivity contribution in [2.24, 2.45) is 0 Å². The van der Waals surface area contributed by atoms with Crippen LogP contribution in [0.2, 0.25) is 0 Å². The topological polar surface area (TPSA) is 56.4 Å². The first-order valence-electron chi connectivity index (χ1n) is 7.29. The van der Waals surface area contributed by atoms with Crippen LogP contribution in [0.1, 0.15) is 0 Å². The van der Waals surface area contributed by atoms with Gasteiger partial charge in [-0.25, -0.2) is 0 Å². The number of carbonyl (C=O) groups excluding carboxylic acids is 1. The predicted octanol–water partition coefficient (Wildman–Crippen LogP) is -1.94. The molecule has 116 valence electrons. The van der Waals surface area contributed by atoms with Gasteiger partial charge in [0.2, 0.25) is 0 Å². The molecule has 6 heteroatoms. The molecule has 1 aliphatic rings. The maximum atomic E-state index is 12.2. The fraction of sp³-hybridized carbons (Fsp3) is 0.533. The summed E-state index contributed by atoms with van der Waals surface area (Å²) in [4.78, 5) is 15.1. The highest BCUT2D eigenvalue weighted by Gasteiger charge is 2.22. The number of hydrogen-bond acceptors (Lipinski definition) is 3. The van der Waals surface area contributed by atoms with Crippen molar-refractivity contribution in [3.05, 3.63) is 18.2 Å². The van der Waals surface area contributed by atoms with E-state index in [0.717, 1.165) is 26.2 Å². The van der Waals surface area contributed by atoms with Gasteiger partial charge in [0.1, 0.15) is 37.7 Å². The van der Waals surface area contributed by atoms with Crippen LogP contribution in [0.15, 0.2) is 18.2 Å². The molecule has 21 heavy (non-hydrogen) atoms. The fourth-order valence-electron chi connectivity index (χ4n) is 2.54. The Morgan fingerprint density at radius 3 is 2.52 bits per heavy atom. The van der Waals surface area contributed by atoms with E-state index >= 15 is 0 Å². The standard InChI is InChI=1S/C15H23N3O3/c1-17-6-8-18(9-7-17)11-15(19)16-13-10-12(20-2)4-5-14(13)21-3/h4-5,10H,6-9,11H2,1-3H3,(H,16,19)/p+2. The van der Waals surface area contributed by atoms with E-state index in [9.17, 15) is 4.79 Å². The third kappa shape index (κ3) is 4.34. The van der Waals surface area contributed by atoms with E-state index in [1.807, 2.05) is 6.07 Å². The molecule has 0 saturated carbocycles. The average molecular weight is 295 g/mol. The van der Waals surface area contributed by atoms with Crippen LogP contribution in [0.3, 0.4) is 0 Å². The second-order valence-corrected chi connectivity index (χ2v) is 5.50. The number of benzene rings is 1. The summed E-state index contributed by atoms with van der Waals surface area (Å²) in [6, 6.07) is 5.38. The number of quaternary nitrogens is 2. The Morgan fingerprint density at radius 1 is 1.19 bits per heavy atom. The molecule has 0 aromatic heterocycles. The number of piperazine rings is 1. The Hall–Kier alpha value is -1.79. The largest absolute Gasteiger partial charge is 0.497 e. The molecule has 1 saturated heterocycles. The van der Waals surface area contributed by atoms with Crippen molar-refractivity contribution in [1.82, 2.24) is 0 Å². The summed E-state index contributed by atoms with van der Waals surface area (Å²) in [5, 5.41) is 2.92. The van der Waals surface area contributed by atoms with Crippen molar-refractivity contribution >= 4 is 11.6 Å². The third-order valence-electron chi connectivity index (χ3n) is 3.90. The zero-order valence-corrected chi connectivity index (χ0v) is 13.0. The summed E-state index contributed by atoms with van der Waals surface area (Å²) >= 11 is 0. The number of ether oxygens (including phenoxy) is 2. The molecule has 1 amide bonds. The van der Waals surface area contributed by atoms with Crippen molar-refractivity contribution in [2.75, 3.05) is 59.3 Å². The number of rotatable bonds is 5. The smallest absolute Gasteiger partial charge is 0.279 e. The van der Waals surface area contributed by atoms with Crippen LogP contribution >= 0.6 is 0 Å². The Balaban J connectivity index is 1.95. The summed E-state index contributed by atoms with van der Waals surface area (Å²) in [6.07, 6.45) is 0. The van der Waals surface area contributed by atoms with Gasteiger partial charge in [-0.05, 0) is 12.1 Å². The van der Waals surface area contributed by atoms with Gasteiger partial charge in [0.05, 0.1) is 27.0 Å². The van der Waals surface area contributed by atoms with Crippen molar-refractivity contribution < 1.29 is 24.1 Å². The Kier molecular flexibility index (Phi) is 5.41. The van der Waals surface area contributed by atoms with Crippen molar-refractivity contribution in [3.8, 4) is 11.5 Å². The van der Waals surface area contributed by atoms with Gasteiger partial charge in [-0.1, -0.05) is 0 Å². The molecule has 0 aliphatic carbocycles. The zero-order chi connectivity index (χ0) is 15.2. The van der Waals surface area contributed by atoms with Crippen LogP contribution in [0, 0.1) is 0 Å². The lowest BCUT2D eigenvalue weighted by molar-refractivity contribution is -0.999. The first-order valence-corrected chi connectivity index (χ1v) is 7.29. The first-order chi connectivity index (χ1) is 10.1. The van der Waals surface area contributed by atoms with Crippen molar-refractivity contribution in [3.63, 3.8) is 0 Å². The minimum Gasteiger partial charge on any atom is -0.497 e. The molecular formula is C15H25N3O3+2. The summed E-state index contributed by atoms with van der Waals surface area (Å²) in [5.41, 5.74) is 0.654. The van der Waals surface area contributed by atoms with E-state index < -0.39 is 0 Å². The molecule has 6 nitrogen and oxygen atoms in total. The van der Waals surface area contributed by atoms with Crippen molar-refractivity contribution in [2.45, 2.75) is 0 Å². The highest BCUT2D eigenvalue weighted by atomic mass is 16.5. The maximum Gasteiger partial charge on any atom is 0.279 e. The van der Waals surface area contributed by atoms with Gasteiger partial charge in [0.15, 0.2) is 6.54 Å². The van der Waals surface area contributed by atoms with E-state index in [0.29, 0.717) is 23.7 Å². The van der Waals surface area contributed by atoms with Gasteiger partial charge in [0, 0.05) is 6.07 Å². The van der Waals surface area contributed by atoms with Gasteiger partial charge >= 0.3 is 0 Å². The fourth-order valence-corrected chi connectivity index (χ4v) is 2.54. The number of anilines is 1. The summed E-state index contributed by atoms with van der Waals surface area (Å²) in [7, 11) is 5.38. The second-order valence-electron chi connectivity index (χ2n) is 5.50. The van der Waals surface area contributed by atoms with Crippen LogP contribution < -0.4 is 24.6 Å². The Bertz CT molecular complexity index is 485. The van der Waals surface area contributed by atoms with E-state index in [2.05, 4.69) is 12.4 Å². The van der Waals surface area contributed by atoms with Gasteiger partial charge in [0.25, 0.3) is 5.91 Å². The number of amides is 1. The molecule has 0 bridgehead atoms. The van der Waals surface area contributed by atoms with Gasteiger partial charge < -0.3 is 24.6 Å². The van der Waals surface area contributed by atoms with E-state index in [1.165, 1.54) is 9.80 Å². The third-order valence-corrected chi connectivity index (χ3v) is 3.90. The molecule has 0 atom stereocenters. The molecular weight excluding hydrogens is 270 g/mol. The van der Waals surface area contributed by atoms with E-state index in [4.69, 9.17) is 9.47 Å². The van der Waals surface area contributed by atoms with Crippen LogP contribution in [0.25, 0.3) is 0 Å². The van der Waals surface area contributed by atoms with Gasteiger partial charge in [-0.3, -0.25) is 4.79 Å². The quantitative estimate of drug-likeness (QED) is 0.592.